The number of rotatable bonds is 6. The fourth-order valence-corrected chi connectivity index (χ4v) is 9.24. The predicted molar refractivity (Wildman–Crippen MR) is 251 cm³/mol. The van der Waals surface area contributed by atoms with Gasteiger partial charge in [-0.25, -0.2) is 0 Å². The van der Waals surface area contributed by atoms with Crippen LogP contribution in [0.4, 0.5) is 0 Å². The van der Waals surface area contributed by atoms with E-state index in [4.69, 9.17) is 0 Å². The number of hydrogen-bond acceptors (Lipinski definition) is 1. The Morgan fingerprint density at radius 1 is 0.333 bits per heavy atom. The summed E-state index contributed by atoms with van der Waals surface area (Å²) in [6, 6.07) is 74.4. The largest absolute Gasteiger partial charge is 0.309 e. The van der Waals surface area contributed by atoms with Gasteiger partial charge in [-0.15, -0.1) is 0 Å². The van der Waals surface area contributed by atoms with E-state index in [0.717, 1.165) is 55.7 Å². The molecule has 3 nitrogen and oxygen atoms in total. The third kappa shape index (κ3) is 5.81. The zero-order valence-electron chi connectivity index (χ0n) is 33.4. The lowest BCUT2D eigenvalue weighted by molar-refractivity contribution is 1.18. The molecule has 0 atom stereocenters. The van der Waals surface area contributed by atoms with E-state index in [1.807, 2.05) is 12.1 Å². The molecule has 0 radical (unpaired) electrons. The molecule has 0 spiro atoms. The Morgan fingerprint density at radius 2 is 0.717 bits per heavy atom. The minimum atomic E-state index is 0.614. The molecule has 3 heteroatoms. The third-order valence-corrected chi connectivity index (χ3v) is 12.0. The quantitative estimate of drug-likeness (QED) is 0.166. The van der Waals surface area contributed by atoms with Gasteiger partial charge in [0.2, 0.25) is 0 Å². The Balaban J connectivity index is 1.13. The van der Waals surface area contributed by atoms with Gasteiger partial charge in [0, 0.05) is 32.7 Å². The number of hydrogen-bond donors (Lipinski definition) is 0. The van der Waals surface area contributed by atoms with E-state index in [1.165, 1.54) is 54.9 Å². The van der Waals surface area contributed by atoms with Crippen LogP contribution in [-0.2, 0) is 0 Å². The number of nitrogens with zero attached hydrogens (tertiary/aromatic N) is 3. The van der Waals surface area contributed by atoms with Gasteiger partial charge in [0.15, 0.2) is 0 Å². The molecule has 0 aliphatic carbocycles. The molecule has 0 fully saturated rings. The SMILES string of the molecule is Cc1ccc2c(c1)c1cc(C)ccc1n2-c1ccccc1-c1cc(C#N)cc(-c2ccccc2-n2c3ccc(-c4ccccc4)cc3c3cc(-c4ccccc4)ccc32)c1. The summed E-state index contributed by atoms with van der Waals surface area (Å²) in [7, 11) is 0. The fourth-order valence-electron chi connectivity index (χ4n) is 9.24. The molecule has 0 N–H and O–H groups in total. The van der Waals surface area contributed by atoms with Crippen LogP contribution in [0, 0.1) is 25.2 Å². The summed E-state index contributed by atoms with van der Waals surface area (Å²) in [6.07, 6.45) is 0. The van der Waals surface area contributed by atoms with Crippen molar-refractivity contribution in [2.75, 3.05) is 0 Å². The van der Waals surface area contributed by atoms with Crippen LogP contribution in [0.1, 0.15) is 16.7 Å². The monoisotopic (exact) mass is 765 g/mol. The second-order valence-corrected chi connectivity index (χ2v) is 15.9. The highest BCUT2D eigenvalue weighted by atomic mass is 15.0. The van der Waals surface area contributed by atoms with E-state index < -0.39 is 0 Å². The summed E-state index contributed by atoms with van der Waals surface area (Å²) < 4.78 is 4.79. The van der Waals surface area contributed by atoms with Crippen LogP contribution in [0.5, 0.6) is 0 Å². The van der Waals surface area contributed by atoms with E-state index >= 15 is 0 Å². The first-order chi connectivity index (χ1) is 29.5. The summed E-state index contributed by atoms with van der Waals surface area (Å²) >= 11 is 0. The average molecular weight is 766 g/mol. The van der Waals surface area contributed by atoms with Crippen molar-refractivity contribution in [3.05, 3.63) is 217 Å². The highest BCUT2D eigenvalue weighted by Crippen LogP contribution is 2.42. The van der Waals surface area contributed by atoms with Crippen LogP contribution in [0.25, 0.3) is 99.5 Å². The minimum Gasteiger partial charge on any atom is -0.309 e. The molecule has 2 aromatic heterocycles. The number of aromatic nitrogens is 2. The molecule has 0 unspecified atom stereocenters. The lowest BCUT2D eigenvalue weighted by Gasteiger charge is -2.17. The van der Waals surface area contributed by atoms with E-state index in [9.17, 15) is 5.26 Å². The predicted octanol–water partition coefficient (Wildman–Crippen LogP) is 15.0. The van der Waals surface area contributed by atoms with Crippen molar-refractivity contribution in [2.45, 2.75) is 13.8 Å². The van der Waals surface area contributed by atoms with Crippen molar-refractivity contribution < 1.29 is 0 Å². The Labute approximate surface area is 349 Å². The van der Waals surface area contributed by atoms with Crippen molar-refractivity contribution in [2.24, 2.45) is 0 Å². The molecule has 9 aromatic carbocycles. The van der Waals surface area contributed by atoms with Crippen LogP contribution in [0.2, 0.25) is 0 Å². The number of fused-ring (bicyclic) bond motifs is 6. The van der Waals surface area contributed by atoms with Gasteiger partial charge in [-0.3, -0.25) is 0 Å². The molecule has 0 amide bonds. The smallest absolute Gasteiger partial charge is 0.0992 e. The number of benzene rings is 9. The lowest BCUT2D eigenvalue weighted by atomic mass is 9.94. The molecule has 0 saturated carbocycles. The van der Waals surface area contributed by atoms with Crippen molar-refractivity contribution in [1.29, 1.82) is 5.26 Å². The van der Waals surface area contributed by atoms with Crippen LogP contribution in [0.3, 0.4) is 0 Å². The van der Waals surface area contributed by atoms with Gasteiger partial charge in [0.1, 0.15) is 0 Å². The summed E-state index contributed by atoms with van der Waals surface area (Å²) in [6.45, 7) is 4.31. The Bertz CT molecular complexity index is 3350. The second-order valence-electron chi connectivity index (χ2n) is 15.9. The molecule has 11 aromatic rings. The summed E-state index contributed by atoms with van der Waals surface area (Å²) in [4.78, 5) is 0. The summed E-state index contributed by atoms with van der Waals surface area (Å²) in [5, 5.41) is 15.4. The van der Waals surface area contributed by atoms with Gasteiger partial charge < -0.3 is 9.13 Å². The Morgan fingerprint density at radius 3 is 1.15 bits per heavy atom. The maximum atomic E-state index is 10.6. The molecular formula is C57H39N3. The highest BCUT2D eigenvalue weighted by Gasteiger charge is 2.20. The first-order valence-corrected chi connectivity index (χ1v) is 20.5. The standard InChI is InChI=1S/C57H39N3/c1-37-21-25-54-48(29-37)49-30-38(2)22-26-55(49)59(54)52-19-11-9-17-46(52)44-31-39(36-58)32-45(33-44)47-18-10-12-20-53(47)60-56-27-23-42(40-13-5-3-6-14-40)34-50(56)51-35-43(24-28-57(51)60)41-15-7-4-8-16-41/h3-35H,1-2H3. The van der Waals surface area contributed by atoms with Crippen LogP contribution >= 0.6 is 0 Å². The van der Waals surface area contributed by atoms with Crippen molar-refractivity contribution in [3.63, 3.8) is 0 Å². The van der Waals surface area contributed by atoms with E-state index in [2.05, 4.69) is 217 Å². The van der Waals surface area contributed by atoms with Crippen molar-refractivity contribution in [3.8, 4) is 62.0 Å². The second kappa shape index (κ2) is 14.2. The fraction of sp³-hybridized carbons (Fsp3) is 0.0351. The van der Waals surface area contributed by atoms with Crippen LogP contribution in [0.15, 0.2) is 200 Å². The number of para-hydroxylation sites is 2. The van der Waals surface area contributed by atoms with E-state index in [1.54, 1.807) is 0 Å². The van der Waals surface area contributed by atoms with E-state index in [-0.39, 0.29) is 0 Å². The zero-order chi connectivity index (χ0) is 40.3. The maximum Gasteiger partial charge on any atom is 0.0992 e. The first kappa shape index (κ1) is 35.2. The third-order valence-electron chi connectivity index (χ3n) is 12.0. The van der Waals surface area contributed by atoms with Crippen LogP contribution in [-0.4, -0.2) is 9.13 Å². The molecule has 0 saturated heterocycles. The molecule has 0 aliphatic heterocycles. The number of nitriles is 1. The average Bonchev–Trinajstić information content (AvgIpc) is 3.80. The van der Waals surface area contributed by atoms with Crippen molar-refractivity contribution >= 4 is 43.6 Å². The minimum absolute atomic E-state index is 0.614. The topological polar surface area (TPSA) is 33.6 Å². The summed E-state index contributed by atoms with van der Waals surface area (Å²) in [5.41, 5.74) is 18.6. The van der Waals surface area contributed by atoms with Gasteiger partial charge in [0.05, 0.1) is 45.1 Å². The van der Waals surface area contributed by atoms with Crippen molar-refractivity contribution in [1.82, 2.24) is 9.13 Å². The maximum absolute atomic E-state index is 10.6. The van der Waals surface area contributed by atoms with Gasteiger partial charge in [-0.1, -0.05) is 132 Å². The van der Waals surface area contributed by atoms with E-state index in [0.29, 0.717) is 5.56 Å². The zero-order valence-corrected chi connectivity index (χ0v) is 33.4. The molecule has 0 aliphatic rings. The molecule has 11 rings (SSSR count). The molecule has 60 heavy (non-hydrogen) atoms. The summed E-state index contributed by atoms with van der Waals surface area (Å²) in [5.74, 6) is 0. The van der Waals surface area contributed by atoms with Gasteiger partial charge >= 0.3 is 0 Å². The normalized spacial score (nSPS) is 11.5. The first-order valence-electron chi connectivity index (χ1n) is 20.5. The lowest BCUT2D eigenvalue weighted by Crippen LogP contribution is -1.99. The van der Waals surface area contributed by atoms with Gasteiger partial charge in [-0.05, 0) is 126 Å². The highest BCUT2D eigenvalue weighted by molar-refractivity contribution is 6.13. The Kier molecular flexibility index (Phi) is 8.32. The molecule has 0 bridgehead atoms. The van der Waals surface area contributed by atoms with Crippen LogP contribution < -0.4 is 0 Å². The van der Waals surface area contributed by atoms with Gasteiger partial charge in [0.25, 0.3) is 0 Å². The van der Waals surface area contributed by atoms with Gasteiger partial charge in [-0.2, -0.15) is 5.26 Å². The molecular weight excluding hydrogens is 727 g/mol. The number of aryl methyl sites for hydroxylation is 2. The Hall–Kier alpha value is -7.93. The molecule has 2 heterocycles. The molecule has 282 valence electrons.